The first kappa shape index (κ1) is 15.6. The topological polar surface area (TPSA) is 54.5 Å². The summed E-state index contributed by atoms with van der Waals surface area (Å²) in [5.41, 5.74) is -0.501. The van der Waals surface area contributed by atoms with Crippen LogP contribution in [0.5, 0.6) is 0 Å². The van der Waals surface area contributed by atoms with Gasteiger partial charge in [0.2, 0.25) is 17.5 Å². The van der Waals surface area contributed by atoms with Crippen molar-refractivity contribution in [2.75, 3.05) is 11.4 Å². The molecule has 2 saturated carbocycles. The minimum absolute atomic E-state index is 0.167. The molecule has 0 radical (unpaired) electrons. The Morgan fingerprint density at radius 2 is 1.75 bits per heavy atom. The Balaban J connectivity index is 1.84. The van der Waals surface area contributed by atoms with Crippen LogP contribution in [0.15, 0.2) is 24.3 Å². The van der Waals surface area contributed by atoms with Crippen LogP contribution >= 0.6 is 0 Å². The maximum Gasteiger partial charge on any atom is 0.241 e. The van der Waals surface area contributed by atoms with E-state index >= 15 is 0 Å². The number of amides is 1. The maximum atomic E-state index is 13.6. The number of ketones is 2. The van der Waals surface area contributed by atoms with E-state index in [4.69, 9.17) is 0 Å². The molecule has 2 aliphatic carbocycles. The van der Waals surface area contributed by atoms with Crippen molar-refractivity contribution in [1.29, 1.82) is 0 Å². The third-order valence-electron chi connectivity index (χ3n) is 7.26. The van der Waals surface area contributed by atoms with Crippen molar-refractivity contribution in [1.82, 2.24) is 0 Å². The first-order valence-corrected chi connectivity index (χ1v) is 8.76. The fraction of sp³-hybridized carbons (Fsp3) is 0.550. The summed E-state index contributed by atoms with van der Waals surface area (Å²) < 4.78 is 0. The Morgan fingerprint density at radius 3 is 2.42 bits per heavy atom. The first-order chi connectivity index (χ1) is 11.3. The normalized spacial score (nSPS) is 33.7. The molecule has 0 N–H and O–H groups in total. The zero-order valence-corrected chi connectivity index (χ0v) is 14.5. The van der Waals surface area contributed by atoms with Crippen molar-refractivity contribution in [2.45, 2.75) is 46.5 Å². The van der Waals surface area contributed by atoms with Crippen LogP contribution in [0.2, 0.25) is 0 Å². The number of anilines is 1. The molecule has 1 amide bonds. The van der Waals surface area contributed by atoms with Gasteiger partial charge in [0.1, 0.15) is 5.41 Å². The highest BCUT2D eigenvalue weighted by atomic mass is 16.2. The van der Waals surface area contributed by atoms with E-state index in [9.17, 15) is 14.4 Å². The number of hydrogen-bond donors (Lipinski definition) is 0. The van der Waals surface area contributed by atoms with Crippen LogP contribution in [0.3, 0.4) is 0 Å². The molecule has 126 valence electrons. The van der Waals surface area contributed by atoms with Gasteiger partial charge in [0.15, 0.2) is 0 Å². The number of aryl methyl sites for hydroxylation is 1. The van der Waals surface area contributed by atoms with Crippen LogP contribution in [-0.4, -0.2) is 24.0 Å². The van der Waals surface area contributed by atoms with Gasteiger partial charge in [-0.1, -0.05) is 39.0 Å². The van der Waals surface area contributed by atoms with Crippen LogP contribution in [-0.2, 0) is 20.8 Å². The lowest BCUT2D eigenvalue weighted by atomic mass is 9.64. The second kappa shape index (κ2) is 4.56. The van der Waals surface area contributed by atoms with Gasteiger partial charge in [0.05, 0.1) is 0 Å². The van der Waals surface area contributed by atoms with E-state index in [2.05, 4.69) is 0 Å². The summed E-state index contributed by atoms with van der Waals surface area (Å²) in [6.07, 6.45) is 2.93. The molecule has 0 aromatic heterocycles. The smallest absolute Gasteiger partial charge is 0.241 e. The molecular weight excluding hydrogens is 302 g/mol. The summed E-state index contributed by atoms with van der Waals surface area (Å²) in [4.78, 5) is 40.9. The molecule has 0 spiro atoms. The second-order valence-electron chi connectivity index (χ2n) is 8.21. The van der Waals surface area contributed by atoms with Gasteiger partial charge in [-0.3, -0.25) is 14.4 Å². The number of rotatable bonds is 1. The van der Waals surface area contributed by atoms with Gasteiger partial charge in [0.25, 0.3) is 0 Å². The van der Waals surface area contributed by atoms with Gasteiger partial charge in [-0.25, -0.2) is 0 Å². The van der Waals surface area contributed by atoms with E-state index in [0.29, 0.717) is 19.4 Å². The van der Waals surface area contributed by atoms with Gasteiger partial charge >= 0.3 is 0 Å². The zero-order chi connectivity index (χ0) is 17.3. The molecule has 2 fully saturated rings. The van der Waals surface area contributed by atoms with Gasteiger partial charge < -0.3 is 4.90 Å². The second-order valence-corrected chi connectivity index (χ2v) is 8.21. The summed E-state index contributed by atoms with van der Waals surface area (Å²) in [6.45, 7) is 6.33. The molecule has 1 heterocycles. The lowest BCUT2D eigenvalue weighted by molar-refractivity contribution is -0.148. The van der Waals surface area contributed by atoms with Crippen molar-refractivity contribution in [3.8, 4) is 0 Å². The Labute approximate surface area is 142 Å². The van der Waals surface area contributed by atoms with Crippen molar-refractivity contribution < 1.29 is 14.4 Å². The molecular formula is C20H23NO3. The molecule has 0 saturated heterocycles. The fourth-order valence-electron chi connectivity index (χ4n) is 5.22. The molecule has 4 nitrogen and oxygen atoms in total. The van der Waals surface area contributed by atoms with E-state index in [0.717, 1.165) is 24.1 Å². The number of para-hydroxylation sites is 1. The highest BCUT2D eigenvalue weighted by molar-refractivity contribution is 6.49. The minimum atomic E-state index is -1.19. The number of benzene rings is 1. The maximum absolute atomic E-state index is 13.6. The monoisotopic (exact) mass is 325 g/mol. The number of hydrogen-bond acceptors (Lipinski definition) is 3. The van der Waals surface area contributed by atoms with E-state index in [-0.39, 0.29) is 11.7 Å². The van der Waals surface area contributed by atoms with Gasteiger partial charge in [-0.15, -0.1) is 0 Å². The number of Topliss-reactive ketones (excluding diaryl/α,β-unsaturated/α-hetero) is 2. The van der Waals surface area contributed by atoms with Gasteiger partial charge in [0, 0.05) is 17.6 Å². The molecule has 4 rings (SSSR count). The summed E-state index contributed by atoms with van der Waals surface area (Å²) in [5.74, 6) is -0.981. The molecule has 1 aromatic carbocycles. The summed E-state index contributed by atoms with van der Waals surface area (Å²) >= 11 is 0. The molecule has 1 aromatic rings. The van der Waals surface area contributed by atoms with Crippen molar-refractivity contribution in [3.63, 3.8) is 0 Å². The minimum Gasteiger partial charge on any atom is -0.311 e. The lowest BCUT2D eigenvalue weighted by Gasteiger charge is -2.41. The number of nitrogens with zero attached hydrogens (tertiary/aromatic N) is 1. The molecule has 3 aliphatic rings. The van der Waals surface area contributed by atoms with Crippen molar-refractivity contribution in [2.24, 2.45) is 16.2 Å². The molecule has 4 heteroatoms. The summed E-state index contributed by atoms with van der Waals surface area (Å²) in [6, 6.07) is 7.89. The predicted octanol–water partition coefficient (Wildman–Crippen LogP) is 2.93. The standard InChI is InChI=1S/C20H23NO3/c1-18(2)19(3)10-11-20(18,16(23)15(19)22)17(24)21-12-6-8-13-7-4-5-9-14(13)21/h4-5,7,9H,6,8,10-12H2,1-3H3. The largest absolute Gasteiger partial charge is 0.311 e. The lowest BCUT2D eigenvalue weighted by Crippen LogP contribution is -2.53. The molecule has 24 heavy (non-hydrogen) atoms. The quantitative estimate of drug-likeness (QED) is 0.589. The van der Waals surface area contributed by atoms with E-state index in [1.807, 2.05) is 45.0 Å². The third kappa shape index (κ3) is 1.48. The van der Waals surface area contributed by atoms with E-state index in [1.54, 1.807) is 4.90 Å². The van der Waals surface area contributed by atoms with Crippen LogP contribution < -0.4 is 4.90 Å². The molecule has 2 unspecified atom stereocenters. The highest BCUT2D eigenvalue weighted by Crippen LogP contribution is 2.69. The summed E-state index contributed by atoms with van der Waals surface area (Å²) in [5, 5.41) is 0. The number of fused-ring (bicyclic) bond motifs is 3. The first-order valence-electron chi connectivity index (χ1n) is 8.76. The molecule has 1 aliphatic heterocycles. The Bertz CT molecular complexity index is 781. The highest BCUT2D eigenvalue weighted by Gasteiger charge is 2.78. The van der Waals surface area contributed by atoms with Gasteiger partial charge in [-0.05, 0) is 42.7 Å². The van der Waals surface area contributed by atoms with Crippen LogP contribution in [0, 0.1) is 16.2 Å². The van der Waals surface area contributed by atoms with Crippen LogP contribution in [0.1, 0.15) is 45.6 Å². The average Bonchev–Trinajstić information content (AvgIpc) is 2.85. The summed E-state index contributed by atoms with van der Waals surface area (Å²) in [7, 11) is 0. The Morgan fingerprint density at radius 1 is 1.04 bits per heavy atom. The zero-order valence-electron chi connectivity index (χ0n) is 14.5. The fourth-order valence-corrected chi connectivity index (χ4v) is 5.22. The SMILES string of the molecule is CC12CCC(C(=O)N3CCCc4ccccc43)(C(=O)C1=O)C2(C)C. The van der Waals surface area contributed by atoms with E-state index in [1.165, 1.54) is 0 Å². The van der Waals surface area contributed by atoms with Crippen molar-refractivity contribution in [3.05, 3.63) is 29.8 Å². The molecule has 2 atom stereocenters. The predicted molar refractivity (Wildman–Crippen MR) is 90.7 cm³/mol. The average molecular weight is 325 g/mol. The Kier molecular flexibility index (Phi) is 2.95. The van der Waals surface area contributed by atoms with Gasteiger partial charge in [-0.2, -0.15) is 0 Å². The van der Waals surface area contributed by atoms with Crippen LogP contribution in [0.25, 0.3) is 0 Å². The Hall–Kier alpha value is -1.97. The number of carbonyl (C=O) groups excluding carboxylic acids is 3. The molecule has 2 bridgehead atoms. The van der Waals surface area contributed by atoms with Crippen LogP contribution in [0.4, 0.5) is 5.69 Å². The third-order valence-corrected chi connectivity index (χ3v) is 7.26. The number of carbonyl (C=O) groups is 3. The van der Waals surface area contributed by atoms with Crippen molar-refractivity contribution >= 4 is 23.2 Å². The van der Waals surface area contributed by atoms with E-state index < -0.39 is 22.0 Å².